The van der Waals surface area contributed by atoms with Gasteiger partial charge in [-0.15, -0.1) is 0 Å². The van der Waals surface area contributed by atoms with Gasteiger partial charge in [0.1, 0.15) is 11.5 Å². The highest BCUT2D eigenvalue weighted by Crippen LogP contribution is 2.22. The number of carbonyl (C=O) groups is 1. The molecule has 0 saturated carbocycles. The van der Waals surface area contributed by atoms with Crippen molar-refractivity contribution in [1.29, 1.82) is 0 Å². The molecule has 9 nitrogen and oxygen atoms in total. The van der Waals surface area contributed by atoms with Crippen LogP contribution in [0, 0.1) is 18.6 Å². The summed E-state index contributed by atoms with van der Waals surface area (Å²) >= 11 is 0. The number of nitrogens with one attached hydrogen (secondary N) is 1. The molecule has 3 N–H and O–H groups in total. The normalized spacial score (nSPS) is 14.2. The summed E-state index contributed by atoms with van der Waals surface area (Å²) in [7, 11) is 0. The van der Waals surface area contributed by atoms with Crippen molar-refractivity contribution in [3.8, 4) is 5.69 Å². The van der Waals surface area contributed by atoms with Crippen LogP contribution in [-0.4, -0.2) is 56.7 Å². The summed E-state index contributed by atoms with van der Waals surface area (Å²) < 4.78 is 29.3. The number of aryl methyl sites for hydroxylation is 1. The van der Waals surface area contributed by atoms with Gasteiger partial charge in [-0.3, -0.25) is 9.78 Å². The largest absolute Gasteiger partial charge is 0.383 e. The molecular formula is C19H19F2N7O2. The molecule has 156 valence electrons. The quantitative estimate of drug-likeness (QED) is 0.662. The predicted octanol–water partition coefficient (Wildman–Crippen LogP) is 1.09. The van der Waals surface area contributed by atoms with Gasteiger partial charge in [-0.1, -0.05) is 6.07 Å². The molecule has 1 saturated heterocycles. The standard InChI is InChI=1S/C19H19F2N7O2/c1-11-9-14(25-28(11)16-12(20)3-2-4-13(16)21)18(29)27-7-5-26(6-8-27)15-10-23-19(30)24-17(15)22/h2-4,9-10H,5-8H2,1H3,(H3,22,23,24,30). The zero-order valence-corrected chi connectivity index (χ0v) is 16.1. The molecule has 11 heteroatoms. The van der Waals surface area contributed by atoms with Crippen LogP contribution in [0.4, 0.5) is 20.3 Å². The van der Waals surface area contributed by atoms with Crippen LogP contribution in [0.25, 0.3) is 5.69 Å². The molecule has 2 aromatic heterocycles. The molecule has 0 radical (unpaired) electrons. The Kier molecular flexibility index (Phi) is 4.94. The van der Waals surface area contributed by atoms with Gasteiger partial charge in [0.25, 0.3) is 5.91 Å². The highest BCUT2D eigenvalue weighted by molar-refractivity contribution is 5.92. The lowest BCUT2D eigenvalue weighted by Crippen LogP contribution is -2.49. The average molecular weight is 415 g/mol. The second kappa shape index (κ2) is 7.58. The van der Waals surface area contributed by atoms with Crippen molar-refractivity contribution < 1.29 is 13.6 Å². The fraction of sp³-hybridized carbons (Fsp3) is 0.263. The molecule has 1 fully saturated rings. The molecule has 0 spiro atoms. The number of amides is 1. The molecule has 1 aromatic carbocycles. The lowest BCUT2D eigenvalue weighted by atomic mass is 10.2. The SMILES string of the molecule is Cc1cc(C(=O)N2CCN(c3cnc(=O)[nH]c3N)CC2)nn1-c1c(F)cccc1F. The number of H-pyrrole nitrogens is 1. The van der Waals surface area contributed by atoms with Gasteiger partial charge in [-0.2, -0.15) is 10.1 Å². The average Bonchev–Trinajstić information content (AvgIpc) is 3.09. The Morgan fingerprint density at radius 2 is 1.83 bits per heavy atom. The third-order valence-electron chi connectivity index (χ3n) is 4.99. The maximum atomic E-state index is 14.1. The number of para-hydroxylation sites is 1. The number of carbonyl (C=O) groups excluding carboxylic acids is 1. The smallest absolute Gasteiger partial charge is 0.346 e. The van der Waals surface area contributed by atoms with Gasteiger partial charge < -0.3 is 15.5 Å². The van der Waals surface area contributed by atoms with Crippen molar-refractivity contribution in [1.82, 2.24) is 24.6 Å². The number of nitrogens with two attached hydrogens (primary N) is 1. The van der Waals surface area contributed by atoms with Crippen molar-refractivity contribution in [2.24, 2.45) is 0 Å². The molecule has 1 amide bonds. The maximum absolute atomic E-state index is 14.1. The number of rotatable bonds is 3. The van der Waals surface area contributed by atoms with Crippen LogP contribution >= 0.6 is 0 Å². The van der Waals surface area contributed by atoms with Crippen molar-refractivity contribution in [2.45, 2.75) is 6.92 Å². The van der Waals surface area contributed by atoms with E-state index in [0.29, 0.717) is 37.6 Å². The van der Waals surface area contributed by atoms with Gasteiger partial charge in [-0.25, -0.2) is 18.3 Å². The van der Waals surface area contributed by atoms with E-state index in [1.54, 1.807) is 11.8 Å². The number of aromatic nitrogens is 4. The van der Waals surface area contributed by atoms with E-state index in [-0.39, 0.29) is 23.1 Å². The van der Waals surface area contributed by atoms with Crippen LogP contribution < -0.4 is 16.3 Å². The molecule has 3 aromatic rings. The summed E-state index contributed by atoms with van der Waals surface area (Å²) in [6.07, 6.45) is 1.40. The molecule has 3 heterocycles. The minimum Gasteiger partial charge on any atom is -0.383 e. The summed E-state index contributed by atoms with van der Waals surface area (Å²) in [6, 6.07) is 5.04. The fourth-order valence-electron chi connectivity index (χ4n) is 3.46. The Morgan fingerprint density at radius 1 is 1.17 bits per heavy atom. The number of hydrogen-bond donors (Lipinski definition) is 2. The van der Waals surface area contributed by atoms with Crippen molar-refractivity contribution in [3.63, 3.8) is 0 Å². The predicted molar refractivity (Wildman–Crippen MR) is 106 cm³/mol. The van der Waals surface area contributed by atoms with Crippen LogP contribution in [0.3, 0.4) is 0 Å². The first kappa shape index (κ1) is 19.6. The van der Waals surface area contributed by atoms with Crippen LogP contribution in [0.15, 0.2) is 35.3 Å². The minimum atomic E-state index is -0.763. The van der Waals surface area contributed by atoms with E-state index >= 15 is 0 Å². The van der Waals surface area contributed by atoms with Crippen LogP contribution in [-0.2, 0) is 0 Å². The monoisotopic (exact) mass is 415 g/mol. The maximum Gasteiger partial charge on any atom is 0.346 e. The lowest BCUT2D eigenvalue weighted by Gasteiger charge is -2.35. The number of nitrogens with zero attached hydrogens (tertiary/aromatic N) is 5. The summed E-state index contributed by atoms with van der Waals surface area (Å²) in [5, 5.41) is 4.14. The van der Waals surface area contributed by atoms with E-state index in [1.165, 1.54) is 18.3 Å². The van der Waals surface area contributed by atoms with Gasteiger partial charge in [0.05, 0.1) is 11.9 Å². The zero-order chi connectivity index (χ0) is 21.4. The van der Waals surface area contributed by atoms with Gasteiger partial charge in [-0.05, 0) is 25.1 Å². The van der Waals surface area contributed by atoms with E-state index in [0.717, 1.165) is 16.8 Å². The van der Waals surface area contributed by atoms with Gasteiger partial charge in [0.15, 0.2) is 17.3 Å². The number of aromatic amines is 1. The third-order valence-corrected chi connectivity index (χ3v) is 4.99. The molecule has 0 atom stereocenters. The van der Waals surface area contributed by atoms with E-state index < -0.39 is 17.3 Å². The summed E-state index contributed by atoms with van der Waals surface area (Å²) in [4.78, 5) is 33.8. The van der Waals surface area contributed by atoms with E-state index in [9.17, 15) is 18.4 Å². The zero-order valence-electron chi connectivity index (χ0n) is 16.1. The highest BCUT2D eigenvalue weighted by atomic mass is 19.1. The second-order valence-electron chi connectivity index (χ2n) is 6.92. The van der Waals surface area contributed by atoms with E-state index in [1.807, 2.05) is 4.90 Å². The van der Waals surface area contributed by atoms with E-state index in [4.69, 9.17) is 5.73 Å². The number of nitrogen functional groups attached to an aromatic ring is 1. The Bertz CT molecular complexity index is 1150. The topological polar surface area (TPSA) is 113 Å². The number of anilines is 2. The highest BCUT2D eigenvalue weighted by Gasteiger charge is 2.26. The molecule has 4 rings (SSSR count). The fourth-order valence-corrected chi connectivity index (χ4v) is 3.46. The summed E-state index contributed by atoms with van der Waals surface area (Å²) in [5.74, 6) is -1.64. The van der Waals surface area contributed by atoms with Crippen molar-refractivity contribution >= 4 is 17.4 Å². The first-order chi connectivity index (χ1) is 14.3. The molecular weight excluding hydrogens is 396 g/mol. The van der Waals surface area contributed by atoms with Crippen LogP contribution in [0.2, 0.25) is 0 Å². The molecule has 0 bridgehead atoms. The Hall–Kier alpha value is -3.76. The Balaban J connectivity index is 1.51. The van der Waals surface area contributed by atoms with Gasteiger partial charge >= 0.3 is 5.69 Å². The number of hydrogen-bond acceptors (Lipinski definition) is 6. The number of benzene rings is 1. The first-order valence-corrected chi connectivity index (χ1v) is 9.25. The van der Waals surface area contributed by atoms with Gasteiger partial charge in [0, 0.05) is 31.9 Å². The number of halogens is 2. The molecule has 0 unspecified atom stereocenters. The minimum absolute atomic E-state index is 0.105. The lowest BCUT2D eigenvalue weighted by molar-refractivity contribution is 0.0740. The second-order valence-corrected chi connectivity index (χ2v) is 6.92. The Labute approximate surface area is 169 Å². The Morgan fingerprint density at radius 3 is 2.47 bits per heavy atom. The van der Waals surface area contributed by atoms with E-state index in [2.05, 4.69) is 15.1 Å². The van der Waals surface area contributed by atoms with Crippen LogP contribution in [0.5, 0.6) is 0 Å². The third kappa shape index (κ3) is 3.49. The molecule has 1 aliphatic rings. The summed E-state index contributed by atoms with van der Waals surface area (Å²) in [6.45, 7) is 3.35. The molecule has 30 heavy (non-hydrogen) atoms. The van der Waals surface area contributed by atoms with Crippen LogP contribution in [0.1, 0.15) is 16.2 Å². The first-order valence-electron chi connectivity index (χ1n) is 9.25. The molecule has 0 aliphatic carbocycles. The number of piperazine rings is 1. The summed E-state index contributed by atoms with van der Waals surface area (Å²) in [5.41, 5.74) is 6.14. The van der Waals surface area contributed by atoms with Gasteiger partial charge in [0.2, 0.25) is 0 Å². The molecule has 1 aliphatic heterocycles. The van der Waals surface area contributed by atoms with Crippen molar-refractivity contribution in [2.75, 3.05) is 36.8 Å². The van der Waals surface area contributed by atoms with Crippen molar-refractivity contribution in [3.05, 3.63) is 64.0 Å².